The van der Waals surface area contributed by atoms with E-state index in [2.05, 4.69) is 15.2 Å². The van der Waals surface area contributed by atoms with Gasteiger partial charge in [0.2, 0.25) is 0 Å². The third-order valence-electron chi connectivity index (χ3n) is 8.80. The Bertz CT molecular complexity index is 1780. The second kappa shape index (κ2) is 17.0. The van der Waals surface area contributed by atoms with Gasteiger partial charge in [-0.2, -0.15) is 13.2 Å². The molecule has 0 saturated carbocycles. The number of ether oxygens (including phenoxy) is 2. The van der Waals surface area contributed by atoms with Crippen LogP contribution in [-0.4, -0.2) is 92.0 Å². The van der Waals surface area contributed by atoms with Crippen LogP contribution in [0.4, 0.5) is 29.3 Å². The summed E-state index contributed by atoms with van der Waals surface area (Å²) in [5.74, 6) is -0.581. The Morgan fingerprint density at radius 1 is 1.12 bits per heavy atom. The lowest BCUT2D eigenvalue weighted by Crippen LogP contribution is -2.48. The summed E-state index contributed by atoms with van der Waals surface area (Å²) in [5, 5.41) is 16.5. The molecule has 0 aliphatic carbocycles. The average Bonchev–Trinajstić information content (AvgIpc) is 3.43. The van der Waals surface area contributed by atoms with Gasteiger partial charge < -0.3 is 34.2 Å². The Balaban J connectivity index is 1.60. The maximum absolute atomic E-state index is 14.4. The fourth-order valence-corrected chi connectivity index (χ4v) is 7.21. The fraction of sp³-hybridized carbons (Fsp3) is 0.514. The predicted octanol–water partition coefficient (Wildman–Crippen LogP) is 6.07. The summed E-state index contributed by atoms with van der Waals surface area (Å²) in [5.41, 5.74) is -0.318. The van der Waals surface area contributed by atoms with Gasteiger partial charge in [0.1, 0.15) is 11.4 Å². The molecular weight excluding hydrogens is 707 g/mol. The van der Waals surface area contributed by atoms with Crippen LogP contribution >= 0.6 is 0 Å². The number of hydrogen-bond acceptors (Lipinski definition) is 9. The van der Waals surface area contributed by atoms with Crippen LogP contribution in [0.5, 0.6) is 5.75 Å². The van der Waals surface area contributed by atoms with Crippen LogP contribution in [0.25, 0.3) is 0 Å². The molecule has 1 aromatic heterocycles. The zero-order valence-electron chi connectivity index (χ0n) is 30.0. The standard InChI is InChI=1S/C35H46F3N5O8S/c1-21-18-43(22(2)20-44)33(45)29-17-28(41-52(47,48)32-24(4)40-51-25(32)5)14-15-30(29)50-23(3)9-7-8-16-49-31(21)19-42(6)34(46)39-27-12-10-26(11-13-27)35(36,37)38/h10-15,17,21-23,31,41,44H,7-9,16,18-20H2,1-6H3,(H,39,46)/t21-,22-,23-,31+/m0/s1. The van der Waals surface area contributed by atoms with E-state index in [0.717, 1.165) is 18.6 Å². The minimum absolute atomic E-state index is 0.0703. The van der Waals surface area contributed by atoms with Crippen molar-refractivity contribution in [2.45, 2.75) is 83.2 Å². The van der Waals surface area contributed by atoms with Crippen LogP contribution in [0.1, 0.15) is 67.4 Å². The maximum Gasteiger partial charge on any atom is 0.416 e. The largest absolute Gasteiger partial charge is 0.490 e. The summed E-state index contributed by atoms with van der Waals surface area (Å²) in [4.78, 5) is 30.2. The van der Waals surface area contributed by atoms with Crippen LogP contribution in [-0.2, 0) is 20.9 Å². The molecule has 4 rings (SSSR count). The molecule has 3 aromatic rings. The van der Waals surface area contributed by atoms with Crippen molar-refractivity contribution in [3.8, 4) is 5.75 Å². The van der Waals surface area contributed by atoms with Crippen LogP contribution in [0.15, 0.2) is 51.9 Å². The van der Waals surface area contributed by atoms with Gasteiger partial charge in [0, 0.05) is 44.0 Å². The van der Waals surface area contributed by atoms with Crippen LogP contribution in [0.3, 0.4) is 0 Å². The highest BCUT2D eigenvalue weighted by Crippen LogP contribution is 2.32. The van der Waals surface area contributed by atoms with E-state index >= 15 is 0 Å². The van der Waals surface area contributed by atoms with Crippen molar-refractivity contribution in [3.63, 3.8) is 0 Å². The number of alkyl halides is 3. The Morgan fingerprint density at radius 3 is 2.40 bits per heavy atom. The minimum Gasteiger partial charge on any atom is -0.490 e. The minimum atomic E-state index is -4.51. The molecule has 1 aliphatic heterocycles. The molecule has 0 bridgehead atoms. The number of hydrogen-bond donors (Lipinski definition) is 3. The fourth-order valence-electron chi connectivity index (χ4n) is 5.83. The predicted molar refractivity (Wildman–Crippen MR) is 187 cm³/mol. The number of aliphatic hydroxyl groups is 1. The molecule has 0 radical (unpaired) electrons. The second-order valence-electron chi connectivity index (χ2n) is 13.2. The first kappa shape index (κ1) is 40.4. The molecule has 2 aromatic carbocycles. The van der Waals surface area contributed by atoms with E-state index in [4.69, 9.17) is 14.0 Å². The summed E-state index contributed by atoms with van der Waals surface area (Å²) in [6.07, 6.45) is -3.41. The number of nitrogens with zero attached hydrogens (tertiary/aromatic N) is 3. The lowest BCUT2D eigenvalue weighted by molar-refractivity contribution is -0.137. The van der Waals surface area contributed by atoms with Crippen molar-refractivity contribution in [2.24, 2.45) is 5.92 Å². The van der Waals surface area contributed by atoms with Crippen LogP contribution in [0, 0.1) is 19.8 Å². The van der Waals surface area contributed by atoms with E-state index in [-0.39, 0.29) is 64.8 Å². The maximum atomic E-state index is 14.4. The topological polar surface area (TPSA) is 164 Å². The third kappa shape index (κ3) is 10.2. The number of nitrogens with one attached hydrogen (secondary N) is 2. The smallest absolute Gasteiger partial charge is 0.416 e. The van der Waals surface area contributed by atoms with Gasteiger partial charge in [-0.1, -0.05) is 12.1 Å². The molecule has 52 heavy (non-hydrogen) atoms. The summed E-state index contributed by atoms with van der Waals surface area (Å²) >= 11 is 0. The molecule has 4 atom stereocenters. The summed E-state index contributed by atoms with van der Waals surface area (Å²) in [7, 11) is -2.61. The molecular formula is C35H46F3N5O8S. The number of aryl methyl sites for hydroxylation is 2. The van der Waals surface area contributed by atoms with Crippen molar-refractivity contribution in [2.75, 3.05) is 43.4 Å². The Hall–Kier alpha value is -4.35. The number of carbonyl (C=O) groups excluding carboxylic acids is 2. The van der Waals surface area contributed by atoms with Gasteiger partial charge in [-0.3, -0.25) is 9.52 Å². The number of aromatic nitrogens is 1. The second-order valence-corrected chi connectivity index (χ2v) is 14.8. The molecule has 3 amide bonds. The Morgan fingerprint density at radius 2 is 1.79 bits per heavy atom. The number of sulfonamides is 1. The number of anilines is 2. The quantitative estimate of drug-likeness (QED) is 0.248. The van der Waals surface area contributed by atoms with E-state index in [0.29, 0.717) is 19.4 Å². The van der Waals surface area contributed by atoms with E-state index in [1.165, 1.54) is 61.0 Å². The van der Waals surface area contributed by atoms with E-state index in [1.54, 1.807) is 6.92 Å². The van der Waals surface area contributed by atoms with Gasteiger partial charge in [0.15, 0.2) is 10.7 Å². The highest BCUT2D eigenvalue weighted by atomic mass is 32.2. The number of halogens is 3. The van der Waals surface area contributed by atoms with E-state index < -0.39 is 51.8 Å². The summed E-state index contributed by atoms with van der Waals surface area (Å²) in [6.45, 7) is 8.47. The van der Waals surface area contributed by atoms with Crippen molar-refractivity contribution in [1.82, 2.24) is 15.0 Å². The van der Waals surface area contributed by atoms with Gasteiger partial charge >= 0.3 is 12.2 Å². The zero-order valence-corrected chi connectivity index (χ0v) is 30.8. The number of benzene rings is 2. The van der Waals surface area contributed by atoms with Crippen molar-refractivity contribution < 1.29 is 50.3 Å². The number of amides is 3. The molecule has 13 nitrogen and oxygen atoms in total. The van der Waals surface area contributed by atoms with Crippen LogP contribution in [0.2, 0.25) is 0 Å². The van der Waals surface area contributed by atoms with Gasteiger partial charge in [0.25, 0.3) is 15.9 Å². The van der Waals surface area contributed by atoms with Crippen molar-refractivity contribution >= 4 is 33.3 Å². The van der Waals surface area contributed by atoms with E-state index in [1.807, 2.05) is 13.8 Å². The average molecular weight is 754 g/mol. The number of fused-ring (bicyclic) bond motifs is 1. The number of rotatable bonds is 8. The van der Waals surface area contributed by atoms with Crippen molar-refractivity contribution in [1.29, 1.82) is 0 Å². The Kier molecular flexibility index (Phi) is 13.2. The van der Waals surface area contributed by atoms with Gasteiger partial charge in [-0.15, -0.1) is 0 Å². The lowest BCUT2D eigenvalue weighted by Gasteiger charge is -2.35. The first-order chi connectivity index (χ1) is 24.4. The SMILES string of the molecule is Cc1noc(C)c1S(=O)(=O)Nc1ccc2c(c1)C(=O)N([C@@H](C)CO)C[C@H](C)[C@@H](CN(C)C(=O)Nc1ccc(C(F)(F)F)cc1)OCCCC[C@H](C)O2. The highest BCUT2D eigenvalue weighted by molar-refractivity contribution is 7.92. The summed E-state index contributed by atoms with van der Waals surface area (Å²) in [6, 6.07) is 7.27. The molecule has 286 valence electrons. The molecule has 0 unspecified atom stereocenters. The van der Waals surface area contributed by atoms with Gasteiger partial charge in [-0.25, -0.2) is 13.2 Å². The number of aliphatic hydroxyl groups excluding tert-OH is 1. The zero-order chi connectivity index (χ0) is 38.4. The molecule has 0 fully saturated rings. The van der Waals surface area contributed by atoms with E-state index in [9.17, 15) is 36.3 Å². The molecule has 17 heteroatoms. The normalized spacial score (nSPS) is 19.9. The Labute approximate surface area is 301 Å². The molecule has 3 N–H and O–H groups in total. The van der Waals surface area contributed by atoms with Gasteiger partial charge in [0.05, 0.1) is 36.0 Å². The molecule has 2 heterocycles. The van der Waals surface area contributed by atoms with Crippen molar-refractivity contribution in [3.05, 3.63) is 65.0 Å². The number of carbonyl (C=O) groups is 2. The molecule has 1 aliphatic rings. The lowest BCUT2D eigenvalue weighted by atomic mass is 10.0. The van der Waals surface area contributed by atoms with Gasteiger partial charge in [-0.05, 0) is 89.4 Å². The molecule has 0 spiro atoms. The first-order valence-corrected chi connectivity index (χ1v) is 18.4. The highest BCUT2D eigenvalue weighted by Gasteiger charge is 2.33. The third-order valence-corrected chi connectivity index (χ3v) is 10.4. The molecule has 0 saturated heterocycles. The number of urea groups is 1. The monoisotopic (exact) mass is 753 g/mol. The summed E-state index contributed by atoms with van der Waals surface area (Å²) < 4.78 is 85.6. The number of likely N-dealkylation sites (N-methyl/N-ethyl adjacent to an activating group) is 1. The van der Waals surface area contributed by atoms with Crippen LogP contribution < -0.4 is 14.8 Å². The first-order valence-electron chi connectivity index (χ1n) is 16.9.